The molecule has 4 rings (SSSR count). The van der Waals surface area contributed by atoms with Crippen LogP contribution in [0, 0.1) is 11.8 Å². The summed E-state index contributed by atoms with van der Waals surface area (Å²) in [4.78, 5) is 26.6. The summed E-state index contributed by atoms with van der Waals surface area (Å²) in [6.45, 7) is 3.20. The molecule has 1 aliphatic heterocycles. The van der Waals surface area contributed by atoms with E-state index in [1.54, 1.807) is 13.4 Å². The van der Waals surface area contributed by atoms with Crippen LogP contribution < -0.4 is 4.74 Å². The standard InChI is InChI=1S/C29H38N4O3/c1-36-26-9-10-28-27(17-26)24(12-14-32-28)7-4-6-23-13-16-33(20-25(23)8-11-29(34)35)15-3-2-5-22-18-30-21-31-19-22/h9-10,12,14,17-19,21,23,25H,2-8,11,13,15-16,20H2,1H3,(H,34,35)/t23-,25+/m1/s1. The van der Waals surface area contributed by atoms with Gasteiger partial charge < -0.3 is 14.7 Å². The second-order valence-electron chi connectivity index (χ2n) is 9.99. The second kappa shape index (κ2) is 13.3. The van der Waals surface area contributed by atoms with E-state index < -0.39 is 5.97 Å². The number of carboxylic acid groups (broad SMARTS) is 1. The fourth-order valence-electron chi connectivity index (χ4n) is 5.58. The first kappa shape index (κ1) is 26.0. The Kier molecular flexibility index (Phi) is 9.61. The number of fused-ring (bicyclic) bond motifs is 1. The molecule has 2 atom stereocenters. The van der Waals surface area contributed by atoms with E-state index in [0.29, 0.717) is 11.8 Å². The average molecular weight is 491 g/mol. The van der Waals surface area contributed by atoms with E-state index in [0.717, 1.165) is 87.7 Å². The minimum absolute atomic E-state index is 0.262. The number of carbonyl (C=O) groups is 1. The van der Waals surface area contributed by atoms with Gasteiger partial charge in [0.25, 0.3) is 0 Å². The third-order valence-electron chi connectivity index (χ3n) is 7.57. The number of ether oxygens (including phenoxy) is 1. The maximum atomic E-state index is 11.3. The lowest BCUT2D eigenvalue weighted by atomic mass is 9.79. The van der Waals surface area contributed by atoms with Gasteiger partial charge in [-0.15, -0.1) is 0 Å². The van der Waals surface area contributed by atoms with Gasteiger partial charge in [0.15, 0.2) is 0 Å². The normalized spacial score (nSPS) is 18.4. The van der Waals surface area contributed by atoms with Crippen LogP contribution in [0.4, 0.5) is 0 Å². The van der Waals surface area contributed by atoms with Gasteiger partial charge in [-0.2, -0.15) is 0 Å². The molecule has 2 aromatic heterocycles. The van der Waals surface area contributed by atoms with Crippen LogP contribution in [0.3, 0.4) is 0 Å². The van der Waals surface area contributed by atoms with Crippen molar-refractivity contribution in [2.75, 3.05) is 26.7 Å². The first-order chi connectivity index (χ1) is 17.6. The molecule has 0 radical (unpaired) electrons. The number of piperidine rings is 1. The van der Waals surface area contributed by atoms with Crippen molar-refractivity contribution in [3.63, 3.8) is 0 Å². The summed E-state index contributed by atoms with van der Waals surface area (Å²) in [6.07, 6.45) is 16.0. The van der Waals surface area contributed by atoms with Crippen LogP contribution in [0.5, 0.6) is 5.75 Å². The fraction of sp³-hybridized carbons (Fsp3) is 0.517. The van der Waals surface area contributed by atoms with Crippen molar-refractivity contribution in [3.8, 4) is 5.75 Å². The molecule has 1 saturated heterocycles. The number of aromatic nitrogens is 3. The fourth-order valence-corrected chi connectivity index (χ4v) is 5.58. The predicted octanol–water partition coefficient (Wildman–Crippen LogP) is 5.18. The molecule has 36 heavy (non-hydrogen) atoms. The second-order valence-corrected chi connectivity index (χ2v) is 9.99. The number of nitrogens with zero attached hydrogens (tertiary/aromatic N) is 4. The van der Waals surface area contributed by atoms with Gasteiger partial charge in [-0.25, -0.2) is 9.97 Å². The lowest BCUT2D eigenvalue weighted by Gasteiger charge is -2.39. The van der Waals surface area contributed by atoms with E-state index >= 15 is 0 Å². The summed E-state index contributed by atoms with van der Waals surface area (Å²) in [5.41, 5.74) is 3.50. The quantitative estimate of drug-likeness (QED) is 0.330. The minimum Gasteiger partial charge on any atom is -0.497 e. The molecule has 1 fully saturated rings. The zero-order chi connectivity index (χ0) is 25.2. The SMILES string of the molecule is COc1ccc2nccc(CCC[C@@H]3CCN(CCCCc4cncnc4)C[C@@H]3CCC(=O)O)c2c1. The number of hydrogen-bond acceptors (Lipinski definition) is 6. The van der Waals surface area contributed by atoms with Gasteiger partial charge in [0.1, 0.15) is 12.1 Å². The molecule has 3 aromatic rings. The summed E-state index contributed by atoms with van der Waals surface area (Å²) in [6, 6.07) is 8.17. The third-order valence-corrected chi connectivity index (χ3v) is 7.57. The Morgan fingerprint density at radius 3 is 2.75 bits per heavy atom. The van der Waals surface area contributed by atoms with Gasteiger partial charge in [0.2, 0.25) is 0 Å². The van der Waals surface area contributed by atoms with E-state index in [1.165, 1.54) is 11.1 Å². The highest BCUT2D eigenvalue weighted by Gasteiger charge is 2.29. The van der Waals surface area contributed by atoms with Gasteiger partial charge in [0, 0.05) is 36.9 Å². The van der Waals surface area contributed by atoms with Crippen molar-refractivity contribution >= 4 is 16.9 Å². The zero-order valence-corrected chi connectivity index (χ0v) is 21.3. The molecule has 1 aromatic carbocycles. The van der Waals surface area contributed by atoms with Crippen LogP contribution in [-0.2, 0) is 17.6 Å². The van der Waals surface area contributed by atoms with Gasteiger partial charge in [-0.05, 0) is 112 Å². The Bertz CT molecular complexity index is 1110. The lowest BCUT2D eigenvalue weighted by Crippen LogP contribution is -2.41. The molecule has 0 amide bonds. The molecule has 3 heterocycles. The van der Waals surface area contributed by atoms with Crippen LogP contribution in [0.1, 0.15) is 56.1 Å². The highest BCUT2D eigenvalue weighted by Crippen LogP contribution is 2.32. The number of benzene rings is 1. The van der Waals surface area contributed by atoms with E-state index in [4.69, 9.17) is 4.74 Å². The number of pyridine rings is 1. The molecular weight excluding hydrogens is 452 g/mol. The van der Waals surface area contributed by atoms with Gasteiger partial charge in [-0.1, -0.05) is 0 Å². The van der Waals surface area contributed by atoms with Crippen molar-refractivity contribution < 1.29 is 14.6 Å². The summed E-state index contributed by atoms with van der Waals surface area (Å²) >= 11 is 0. The molecule has 7 heteroatoms. The molecule has 1 aliphatic rings. The molecule has 192 valence electrons. The summed E-state index contributed by atoms with van der Waals surface area (Å²) < 4.78 is 5.42. The number of hydrogen-bond donors (Lipinski definition) is 1. The van der Waals surface area contributed by atoms with E-state index in [9.17, 15) is 9.90 Å². The Hall–Kier alpha value is -3.06. The van der Waals surface area contributed by atoms with Gasteiger partial charge >= 0.3 is 5.97 Å². The van der Waals surface area contributed by atoms with Crippen molar-refractivity contribution in [2.24, 2.45) is 11.8 Å². The lowest BCUT2D eigenvalue weighted by molar-refractivity contribution is -0.137. The van der Waals surface area contributed by atoms with Crippen molar-refractivity contribution in [1.29, 1.82) is 0 Å². The number of likely N-dealkylation sites (tertiary alicyclic amines) is 1. The number of aryl methyl sites for hydroxylation is 2. The van der Waals surface area contributed by atoms with Crippen LogP contribution in [0.15, 0.2) is 49.2 Å². The zero-order valence-electron chi connectivity index (χ0n) is 21.3. The van der Waals surface area contributed by atoms with Gasteiger partial charge in [0.05, 0.1) is 12.6 Å². The number of methoxy groups -OCH3 is 1. The Balaban J connectivity index is 1.28. The molecule has 0 saturated carbocycles. The maximum absolute atomic E-state index is 11.3. The first-order valence-electron chi connectivity index (χ1n) is 13.2. The van der Waals surface area contributed by atoms with E-state index in [1.807, 2.05) is 30.7 Å². The topological polar surface area (TPSA) is 88.4 Å². The third kappa shape index (κ3) is 7.47. The van der Waals surface area contributed by atoms with Gasteiger partial charge in [-0.3, -0.25) is 9.78 Å². The molecule has 0 spiro atoms. The molecule has 0 unspecified atom stereocenters. The summed E-state index contributed by atoms with van der Waals surface area (Å²) in [5.74, 6) is 1.21. The summed E-state index contributed by atoms with van der Waals surface area (Å²) in [7, 11) is 1.69. The Morgan fingerprint density at radius 1 is 1.08 bits per heavy atom. The molecule has 7 nitrogen and oxygen atoms in total. The highest BCUT2D eigenvalue weighted by molar-refractivity contribution is 5.83. The molecule has 0 aliphatic carbocycles. The molecule has 1 N–H and O–H groups in total. The number of rotatable bonds is 13. The first-order valence-corrected chi connectivity index (χ1v) is 13.2. The van der Waals surface area contributed by atoms with Crippen LogP contribution in [-0.4, -0.2) is 57.7 Å². The van der Waals surface area contributed by atoms with Crippen LogP contribution in [0.25, 0.3) is 10.9 Å². The monoisotopic (exact) mass is 490 g/mol. The Labute approximate surface area is 213 Å². The van der Waals surface area contributed by atoms with E-state index in [2.05, 4.69) is 32.0 Å². The van der Waals surface area contributed by atoms with Crippen molar-refractivity contribution in [2.45, 2.75) is 57.8 Å². The van der Waals surface area contributed by atoms with Crippen molar-refractivity contribution in [1.82, 2.24) is 19.9 Å². The van der Waals surface area contributed by atoms with Crippen molar-refractivity contribution in [3.05, 3.63) is 60.3 Å². The number of aliphatic carboxylic acids is 1. The molecular formula is C29H38N4O3. The molecule has 0 bridgehead atoms. The smallest absolute Gasteiger partial charge is 0.303 e. The summed E-state index contributed by atoms with van der Waals surface area (Å²) in [5, 5.41) is 10.5. The minimum atomic E-state index is -0.687. The largest absolute Gasteiger partial charge is 0.497 e. The Morgan fingerprint density at radius 2 is 1.94 bits per heavy atom. The average Bonchev–Trinajstić information content (AvgIpc) is 2.91. The van der Waals surface area contributed by atoms with Crippen LogP contribution >= 0.6 is 0 Å². The number of carboxylic acids is 1. The highest BCUT2D eigenvalue weighted by atomic mass is 16.5. The van der Waals surface area contributed by atoms with E-state index in [-0.39, 0.29) is 6.42 Å². The maximum Gasteiger partial charge on any atom is 0.303 e. The number of unbranched alkanes of at least 4 members (excludes halogenated alkanes) is 1. The predicted molar refractivity (Wildman–Crippen MR) is 141 cm³/mol. The van der Waals surface area contributed by atoms with Crippen LogP contribution in [0.2, 0.25) is 0 Å².